The van der Waals surface area contributed by atoms with Crippen LogP contribution < -0.4 is 5.32 Å². The first kappa shape index (κ1) is 16.2. The lowest BCUT2D eigenvalue weighted by Crippen LogP contribution is -2.61. The molecule has 0 aromatic carbocycles. The molecule has 0 aromatic rings. The van der Waals surface area contributed by atoms with Crippen molar-refractivity contribution in [3.8, 4) is 0 Å². The van der Waals surface area contributed by atoms with Gasteiger partial charge in [0.15, 0.2) is 0 Å². The molecule has 2 aliphatic carbocycles. The van der Waals surface area contributed by atoms with Crippen molar-refractivity contribution in [2.75, 3.05) is 20.3 Å². The summed E-state index contributed by atoms with van der Waals surface area (Å²) in [4.78, 5) is 0. The molecule has 0 heterocycles. The Morgan fingerprint density at radius 3 is 2.60 bits per heavy atom. The zero-order chi connectivity index (χ0) is 14.4. The summed E-state index contributed by atoms with van der Waals surface area (Å²) in [5.74, 6) is 0. The maximum absolute atomic E-state index is 6.29. The third kappa shape index (κ3) is 4.17. The first-order chi connectivity index (χ1) is 9.78. The summed E-state index contributed by atoms with van der Waals surface area (Å²) in [6.07, 6.45) is 8.09. The van der Waals surface area contributed by atoms with Gasteiger partial charge in [0.2, 0.25) is 0 Å². The molecule has 5 unspecified atom stereocenters. The van der Waals surface area contributed by atoms with Crippen LogP contribution in [0.4, 0.5) is 0 Å². The van der Waals surface area contributed by atoms with Crippen LogP contribution >= 0.6 is 0 Å². The summed E-state index contributed by atoms with van der Waals surface area (Å²) in [7, 11) is 1.81. The van der Waals surface area contributed by atoms with Gasteiger partial charge in [-0.15, -0.1) is 0 Å². The van der Waals surface area contributed by atoms with Crippen LogP contribution in [-0.4, -0.2) is 50.7 Å². The second-order valence-electron chi connectivity index (χ2n) is 6.04. The minimum absolute atomic E-state index is 0.231. The Balaban J connectivity index is 1.77. The molecule has 0 bridgehead atoms. The van der Waals surface area contributed by atoms with Gasteiger partial charge in [-0.25, -0.2) is 0 Å². The zero-order valence-corrected chi connectivity index (χ0v) is 13.3. The fraction of sp³-hybridized carbons (Fsp3) is 1.00. The van der Waals surface area contributed by atoms with Crippen molar-refractivity contribution in [2.45, 2.75) is 82.8 Å². The second-order valence-corrected chi connectivity index (χ2v) is 6.04. The fourth-order valence-corrected chi connectivity index (χ4v) is 3.35. The minimum Gasteiger partial charge on any atom is -0.381 e. The Kier molecular flexibility index (Phi) is 6.75. The van der Waals surface area contributed by atoms with Crippen LogP contribution in [0.25, 0.3) is 0 Å². The molecule has 0 saturated heterocycles. The highest BCUT2D eigenvalue weighted by Crippen LogP contribution is 2.32. The van der Waals surface area contributed by atoms with E-state index in [1.54, 1.807) is 0 Å². The van der Waals surface area contributed by atoms with Gasteiger partial charge in [0.05, 0.1) is 24.4 Å². The molecule has 118 valence electrons. The second kappa shape index (κ2) is 8.32. The molecule has 2 fully saturated rings. The summed E-state index contributed by atoms with van der Waals surface area (Å²) in [6, 6.07) is 0.474. The number of nitrogens with one attached hydrogen (secondary N) is 1. The molecule has 4 nitrogen and oxygen atoms in total. The Morgan fingerprint density at radius 1 is 1.10 bits per heavy atom. The first-order valence-corrected chi connectivity index (χ1v) is 8.31. The average Bonchev–Trinajstić information content (AvgIpc) is 2.48. The molecular formula is C16H31NO3. The molecule has 0 radical (unpaired) electrons. The Bertz CT molecular complexity index is 274. The van der Waals surface area contributed by atoms with E-state index < -0.39 is 0 Å². The molecule has 5 atom stereocenters. The topological polar surface area (TPSA) is 39.7 Å². The molecule has 0 amide bonds. The monoisotopic (exact) mass is 285 g/mol. The van der Waals surface area contributed by atoms with Crippen LogP contribution in [0, 0.1) is 0 Å². The zero-order valence-electron chi connectivity index (χ0n) is 13.3. The maximum Gasteiger partial charge on any atom is 0.0990 e. The summed E-state index contributed by atoms with van der Waals surface area (Å²) in [5, 5.41) is 3.56. The van der Waals surface area contributed by atoms with E-state index in [4.69, 9.17) is 14.2 Å². The van der Waals surface area contributed by atoms with E-state index in [9.17, 15) is 0 Å². The van der Waals surface area contributed by atoms with Crippen molar-refractivity contribution in [3.05, 3.63) is 0 Å². The predicted octanol–water partition coefficient (Wildman–Crippen LogP) is 2.51. The van der Waals surface area contributed by atoms with Crippen molar-refractivity contribution in [2.24, 2.45) is 0 Å². The van der Waals surface area contributed by atoms with Gasteiger partial charge in [-0.3, -0.25) is 0 Å². The van der Waals surface area contributed by atoms with E-state index in [1.807, 2.05) is 7.11 Å². The standard InChI is InChI=1S/C16H31NO3/c1-4-9-17-14-11-15(16(14)19-5-2)20-13-8-6-7-12(10-13)18-3/h12-17H,4-11H2,1-3H3. The number of ether oxygens (including phenoxy) is 3. The van der Waals surface area contributed by atoms with E-state index in [2.05, 4.69) is 19.2 Å². The average molecular weight is 285 g/mol. The molecule has 4 heteroatoms. The summed E-state index contributed by atoms with van der Waals surface area (Å²) < 4.78 is 17.6. The number of methoxy groups -OCH3 is 1. The smallest absolute Gasteiger partial charge is 0.0990 e. The molecule has 1 N–H and O–H groups in total. The molecule has 2 saturated carbocycles. The lowest BCUT2D eigenvalue weighted by Gasteiger charge is -2.46. The fourth-order valence-electron chi connectivity index (χ4n) is 3.35. The summed E-state index contributed by atoms with van der Waals surface area (Å²) >= 11 is 0. The van der Waals surface area contributed by atoms with E-state index in [0.29, 0.717) is 18.2 Å². The Morgan fingerprint density at radius 2 is 1.90 bits per heavy atom. The number of hydrogen-bond donors (Lipinski definition) is 1. The van der Waals surface area contributed by atoms with Crippen molar-refractivity contribution in [3.63, 3.8) is 0 Å². The normalized spacial score (nSPS) is 37.6. The van der Waals surface area contributed by atoms with Crippen LogP contribution in [0.15, 0.2) is 0 Å². The molecular weight excluding hydrogens is 254 g/mol. The molecule has 2 aliphatic rings. The van der Waals surface area contributed by atoms with Gasteiger partial charge >= 0.3 is 0 Å². The predicted molar refractivity (Wildman–Crippen MR) is 80.0 cm³/mol. The Hall–Kier alpha value is -0.160. The molecule has 0 aromatic heterocycles. The third-order valence-corrected chi connectivity index (χ3v) is 4.54. The molecule has 0 spiro atoms. The van der Waals surface area contributed by atoms with Gasteiger partial charge in [-0.05, 0) is 52.0 Å². The lowest BCUT2D eigenvalue weighted by molar-refractivity contribution is -0.177. The van der Waals surface area contributed by atoms with Crippen molar-refractivity contribution in [1.82, 2.24) is 5.32 Å². The molecule has 20 heavy (non-hydrogen) atoms. The van der Waals surface area contributed by atoms with Crippen LogP contribution in [0.1, 0.15) is 52.4 Å². The number of hydrogen-bond acceptors (Lipinski definition) is 4. The summed E-state index contributed by atoms with van der Waals surface area (Å²) in [5.41, 5.74) is 0. The van der Waals surface area contributed by atoms with Gasteiger partial charge in [0, 0.05) is 19.8 Å². The largest absolute Gasteiger partial charge is 0.381 e. The third-order valence-electron chi connectivity index (χ3n) is 4.54. The lowest BCUT2D eigenvalue weighted by atomic mass is 9.84. The Labute approximate surface area is 123 Å². The molecule has 2 rings (SSSR count). The van der Waals surface area contributed by atoms with Crippen LogP contribution in [0.3, 0.4) is 0 Å². The summed E-state index contributed by atoms with van der Waals surface area (Å²) in [6.45, 7) is 6.09. The van der Waals surface area contributed by atoms with Crippen LogP contribution in [0.5, 0.6) is 0 Å². The highest BCUT2D eigenvalue weighted by molar-refractivity contribution is 4.98. The first-order valence-electron chi connectivity index (χ1n) is 8.31. The minimum atomic E-state index is 0.231. The molecule has 0 aliphatic heterocycles. The van der Waals surface area contributed by atoms with Crippen molar-refractivity contribution >= 4 is 0 Å². The number of rotatable bonds is 8. The van der Waals surface area contributed by atoms with Crippen molar-refractivity contribution < 1.29 is 14.2 Å². The van der Waals surface area contributed by atoms with Gasteiger partial charge in [0.1, 0.15) is 0 Å². The van der Waals surface area contributed by atoms with Gasteiger partial charge < -0.3 is 19.5 Å². The van der Waals surface area contributed by atoms with Crippen LogP contribution in [0.2, 0.25) is 0 Å². The SMILES string of the molecule is CCCNC1CC(OC2CCCC(OC)C2)C1OCC. The quantitative estimate of drug-likeness (QED) is 0.744. The highest BCUT2D eigenvalue weighted by Gasteiger charge is 2.43. The van der Waals surface area contributed by atoms with E-state index in [-0.39, 0.29) is 12.2 Å². The maximum atomic E-state index is 6.29. The van der Waals surface area contributed by atoms with Crippen molar-refractivity contribution in [1.29, 1.82) is 0 Å². The van der Waals surface area contributed by atoms with Gasteiger partial charge in [-0.2, -0.15) is 0 Å². The van der Waals surface area contributed by atoms with E-state index in [0.717, 1.165) is 26.0 Å². The van der Waals surface area contributed by atoms with E-state index >= 15 is 0 Å². The van der Waals surface area contributed by atoms with Gasteiger partial charge in [0.25, 0.3) is 0 Å². The van der Waals surface area contributed by atoms with Crippen LogP contribution in [-0.2, 0) is 14.2 Å². The van der Waals surface area contributed by atoms with E-state index in [1.165, 1.54) is 25.7 Å². The van der Waals surface area contributed by atoms with Gasteiger partial charge in [-0.1, -0.05) is 6.92 Å². The highest BCUT2D eigenvalue weighted by atomic mass is 16.6.